The predicted octanol–water partition coefficient (Wildman–Crippen LogP) is 2.31. The maximum atomic E-state index is 12.0. The summed E-state index contributed by atoms with van der Waals surface area (Å²) in [7, 11) is -3.76. The molecule has 0 saturated carbocycles. The monoisotopic (exact) mass is 555 g/mol. The Balaban J connectivity index is 0.00000841. The van der Waals surface area contributed by atoms with Gasteiger partial charge >= 0.3 is 6.09 Å². The molecule has 0 saturated heterocycles. The third-order valence-electron chi connectivity index (χ3n) is 3.53. The number of carbonyl (C=O) groups is 1. The van der Waals surface area contributed by atoms with Crippen molar-refractivity contribution in [3.63, 3.8) is 0 Å². The van der Waals surface area contributed by atoms with E-state index in [1.807, 2.05) is 20.8 Å². The van der Waals surface area contributed by atoms with E-state index in [1.165, 1.54) is 12.1 Å². The summed E-state index contributed by atoms with van der Waals surface area (Å²) < 4.78 is 28.3. The second-order valence-electron chi connectivity index (χ2n) is 8.25. The molecule has 30 heavy (non-hydrogen) atoms. The van der Waals surface area contributed by atoms with E-state index in [4.69, 9.17) is 9.88 Å². The number of benzene rings is 1. The number of rotatable bonds is 7. The van der Waals surface area contributed by atoms with E-state index in [2.05, 4.69) is 20.9 Å². The summed E-state index contributed by atoms with van der Waals surface area (Å²) in [6.45, 7) is 12.4. The quantitative estimate of drug-likeness (QED) is 0.232. The molecule has 0 aliphatic carbocycles. The van der Waals surface area contributed by atoms with E-state index in [1.54, 1.807) is 32.9 Å². The summed E-state index contributed by atoms with van der Waals surface area (Å²) >= 11 is 0. The molecule has 1 rings (SSSR count). The zero-order valence-corrected chi connectivity index (χ0v) is 21.6. The molecule has 0 heterocycles. The van der Waals surface area contributed by atoms with Crippen LogP contribution in [-0.4, -0.2) is 44.7 Å². The molecule has 5 N–H and O–H groups in total. The fourth-order valence-electron chi connectivity index (χ4n) is 2.26. The van der Waals surface area contributed by atoms with Crippen molar-refractivity contribution in [2.75, 3.05) is 13.1 Å². The van der Waals surface area contributed by atoms with Crippen LogP contribution in [0.4, 0.5) is 4.79 Å². The van der Waals surface area contributed by atoms with Crippen LogP contribution in [0.3, 0.4) is 0 Å². The number of ether oxygens (including phenoxy) is 1. The first-order valence-electron chi connectivity index (χ1n) is 9.37. The molecular formula is C19H34IN5O4S. The lowest BCUT2D eigenvalue weighted by atomic mass is 10.1. The van der Waals surface area contributed by atoms with Gasteiger partial charge in [-0.2, -0.15) is 0 Å². The molecule has 0 fully saturated rings. The SMILES string of the molecule is CCNC(=NCc1cccc(S(N)(=O)=O)c1)NCC(C)(C)NC(=O)OC(C)(C)C.I. The molecule has 0 bridgehead atoms. The molecule has 1 aromatic rings. The molecule has 0 unspecified atom stereocenters. The first-order chi connectivity index (χ1) is 13.2. The standard InChI is InChI=1S/C19H33N5O4S.HI/c1-7-21-16(22-12-14-9-8-10-15(11-14)29(20,26)27)23-13-19(5,6)24-17(25)28-18(2,3)4;/h8-11H,7,12-13H2,1-6H3,(H,24,25)(H2,20,26,27)(H2,21,22,23);1H. The van der Waals surface area contributed by atoms with E-state index in [0.29, 0.717) is 24.6 Å². The second kappa shape index (κ2) is 11.7. The van der Waals surface area contributed by atoms with Crippen LogP contribution in [0.2, 0.25) is 0 Å². The first-order valence-corrected chi connectivity index (χ1v) is 10.9. The number of sulfonamides is 1. The van der Waals surface area contributed by atoms with E-state index in [0.717, 1.165) is 0 Å². The topological polar surface area (TPSA) is 135 Å². The third kappa shape index (κ3) is 11.6. The van der Waals surface area contributed by atoms with Gasteiger partial charge in [-0.1, -0.05) is 12.1 Å². The maximum Gasteiger partial charge on any atom is 0.408 e. The van der Waals surface area contributed by atoms with Gasteiger partial charge in [0.15, 0.2) is 5.96 Å². The molecule has 0 aliphatic rings. The number of carbonyl (C=O) groups excluding carboxylic acids is 1. The molecule has 172 valence electrons. The van der Waals surface area contributed by atoms with Crippen molar-refractivity contribution in [3.8, 4) is 0 Å². The van der Waals surface area contributed by atoms with Crippen LogP contribution in [-0.2, 0) is 21.3 Å². The number of hydrogen-bond acceptors (Lipinski definition) is 5. The Hall–Kier alpha value is -1.60. The number of nitrogens with zero attached hydrogens (tertiary/aromatic N) is 1. The Kier molecular flexibility index (Phi) is 11.1. The number of alkyl carbamates (subject to hydrolysis) is 1. The molecule has 0 spiro atoms. The molecular weight excluding hydrogens is 521 g/mol. The fourth-order valence-corrected chi connectivity index (χ4v) is 2.85. The molecule has 1 amide bonds. The average Bonchev–Trinajstić information content (AvgIpc) is 2.54. The van der Waals surface area contributed by atoms with Crippen molar-refractivity contribution in [3.05, 3.63) is 29.8 Å². The van der Waals surface area contributed by atoms with Crippen molar-refractivity contribution in [1.29, 1.82) is 0 Å². The predicted molar refractivity (Wildman–Crippen MR) is 129 cm³/mol. The fraction of sp³-hybridized carbons (Fsp3) is 0.579. The number of hydrogen-bond donors (Lipinski definition) is 4. The molecule has 9 nitrogen and oxygen atoms in total. The summed E-state index contributed by atoms with van der Waals surface area (Å²) in [5, 5.41) is 14.3. The maximum absolute atomic E-state index is 12.0. The highest BCUT2D eigenvalue weighted by molar-refractivity contribution is 14.0. The number of nitrogens with two attached hydrogens (primary N) is 1. The number of amides is 1. The number of primary sulfonamides is 1. The van der Waals surface area contributed by atoms with Crippen molar-refractivity contribution in [2.45, 2.75) is 64.1 Å². The van der Waals surface area contributed by atoms with Gasteiger partial charge in [0.1, 0.15) is 5.60 Å². The third-order valence-corrected chi connectivity index (χ3v) is 4.44. The van der Waals surface area contributed by atoms with Crippen LogP contribution < -0.4 is 21.1 Å². The van der Waals surface area contributed by atoms with Gasteiger partial charge in [-0.15, -0.1) is 24.0 Å². The van der Waals surface area contributed by atoms with Crippen LogP contribution in [0.25, 0.3) is 0 Å². The molecule has 1 aromatic carbocycles. The smallest absolute Gasteiger partial charge is 0.408 e. The highest BCUT2D eigenvalue weighted by Gasteiger charge is 2.24. The lowest BCUT2D eigenvalue weighted by molar-refractivity contribution is 0.0474. The number of aliphatic imine (C=N–C) groups is 1. The number of halogens is 1. The van der Waals surface area contributed by atoms with Crippen molar-refractivity contribution < 1.29 is 17.9 Å². The number of nitrogens with one attached hydrogen (secondary N) is 3. The minimum Gasteiger partial charge on any atom is -0.444 e. The lowest BCUT2D eigenvalue weighted by Crippen LogP contribution is -2.54. The Morgan fingerprint density at radius 1 is 1.17 bits per heavy atom. The van der Waals surface area contributed by atoms with Crippen LogP contribution in [0.15, 0.2) is 34.2 Å². The second-order valence-corrected chi connectivity index (χ2v) is 9.81. The van der Waals surface area contributed by atoms with E-state index in [-0.39, 0.29) is 35.4 Å². The van der Waals surface area contributed by atoms with E-state index < -0.39 is 27.3 Å². The Labute approximate surface area is 196 Å². The van der Waals surface area contributed by atoms with Gasteiger partial charge in [0.25, 0.3) is 0 Å². The molecule has 0 radical (unpaired) electrons. The average molecular weight is 555 g/mol. The van der Waals surface area contributed by atoms with Gasteiger partial charge in [-0.05, 0) is 59.2 Å². The molecule has 11 heteroatoms. The summed E-state index contributed by atoms with van der Waals surface area (Å²) in [6.07, 6.45) is -0.494. The molecule has 0 atom stereocenters. The van der Waals surface area contributed by atoms with Gasteiger partial charge in [0.2, 0.25) is 10.0 Å². The summed E-state index contributed by atoms with van der Waals surface area (Å²) in [5.74, 6) is 0.535. The lowest BCUT2D eigenvalue weighted by Gasteiger charge is -2.29. The summed E-state index contributed by atoms with van der Waals surface area (Å²) in [5.41, 5.74) is -0.457. The van der Waals surface area contributed by atoms with Gasteiger partial charge in [-0.25, -0.2) is 23.3 Å². The van der Waals surface area contributed by atoms with Crippen LogP contribution in [0, 0.1) is 0 Å². The normalized spacial score (nSPS) is 12.6. The van der Waals surface area contributed by atoms with Crippen molar-refractivity contribution in [1.82, 2.24) is 16.0 Å². The van der Waals surface area contributed by atoms with Gasteiger partial charge in [0, 0.05) is 13.1 Å². The van der Waals surface area contributed by atoms with Crippen LogP contribution in [0.1, 0.15) is 47.1 Å². The highest BCUT2D eigenvalue weighted by Crippen LogP contribution is 2.11. The summed E-state index contributed by atoms with van der Waals surface area (Å²) in [4.78, 5) is 16.5. The summed E-state index contributed by atoms with van der Waals surface area (Å²) in [6, 6.07) is 6.34. The van der Waals surface area contributed by atoms with Crippen molar-refractivity contribution in [2.24, 2.45) is 10.1 Å². The minimum atomic E-state index is -3.76. The van der Waals surface area contributed by atoms with E-state index in [9.17, 15) is 13.2 Å². The zero-order chi connectivity index (χ0) is 22.3. The Bertz CT molecular complexity index is 836. The van der Waals surface area contributed by atoms with E-state index >= 15 is 0 Å². The van der Waals surface area contributed by atoms with Gasteiger partial charge in [-0.3, -0.25) is 0 Å². The largest absolute Gasteiger partial charge is 0.444 e. The molecule has 0 aliphatic heterocycles. The van der Waals surface area contributed by atoms with Crippen molar-refractivity contribution >= 4 is 46.1 Å². The van der Waals surface area contributed by atoms with Gasteiger partial charge < -0.3 is 20.7 Å². The van der Waals surface area contributed by atoms with Gasteiger partial charge in [0.05, 0.1) is 17.0 Å². The number of guanidine groups is 1. The molecule has 0 aromatic heterocycles. The van der Waals surface area contributed by atoms with Crippen LogP contribution in [0.5, 0.6) is 0 Å². The minimum absolute atomic E-state index is 0. The van der Waals surface area contributed by atoms with Crippen LogP contribution >= 0.6 is 24.0 Å². The Morgan fingerprint density at radius 3 is 2.33 bits per heavy atom. The zero-order valence-electron chi connectivity index (χ0n) is 18.4. The highest BCUT2D eigenvalue weighted by atomic mass is 127. The first kappa shape index (κ1) is 28.4. The Morgan fingerprint density at radius 2 is 1.80 bits per heavy atom.